The second kappa shape index (κ2) is 9.07. The Morgan fingerprint density at radius 1 is 0.812 bits per heavy atom. The maximum absolute atomic E-state index is 2.46. The highest BCUT2D eigenvalue weighted by atomic mass is 14.3. The maximum Gasteiger partial charge on any atom is -0.0329 e. The fourth-order valence-corrected chi connectivity index (χ4v) is 2.32. The van der Waals surface area contributed by atoms with Gasteiger partial charge in [0, 0.05) is 0 Å². The molecule has 0 nitrogen and oxygen atoms in total. The molecular weight excluding hydrogens is 192 g/mol. The third-order valence-corrected chi connectivity index (χ3v) is 4.25. The molecular formula is C16H34. The summed E-state index contributed by atoms with van der Waals surface area (Å²) in [6, 6.07) is 0. The molecule has 98 valence electrons. The Kier molecular flexibility index (Phi) is 9.07. The van der Waals surface area contributed by atoms with Crippen LogP contribution in [0.15, 0.2) is 0 Å². The largest absolute Gasteiger partial charge is 0.0654 e. The van der Waals surface area contributed by atoms with E-state index in [0.29, 0.717) is 5.41 Å². The Labute approximate surface area is 104 Å². The van der Waals surface area contributed by atoms with Crippen molar-refractivity contribution >= 4 is 0 Å². The molecule has 0 saturated carbocycles. The highest BCUT2D eigenvalue weighted by Crippen LogP contribution is 2.35. The van der Waals surface area contributed by atoms with Crippen molar-refractivity contribution in [2.24, 2.45) is 11.3 Å². The lowest BCUT2D eigenvalue weighted by Gasteiger charge is -2.32. The van der Waals surface area contributed by atoms with Crippen LogP contribution in [0.5, 0.6) is 0 Å². The molecule has 0 rings (SSSR count). The lowest BCUT2D eigenvalue weighted by atomic mass is 9.74. The summed E-state index contributed by atoms with van der Waals surface area (Å²) < 4.78 is 0. The highest BCUT2D eigenvalue weighted by Gasteiger charge is 2.24. The van der Waals surface area contributed by atoms with Crippen LogP contribution in [0.4, 0.5) is 0 Å². The van der Waals surface area contributed by atoms with Gasteiger partial charge in [-0.15, -0.1) is 0 Å². The minimum absolute atomic E-state index is 0.556. The molecule has 0 radical (unpaired) electrons. The number of rotatable bonds is 10. The zero-order chi connectivity index (χ0) is 12.4. The molecule has 0 aromatic rings. The van der Waals surface area contributed by atoms with Crippen LogP contribution in [0.1, 0.15) is 92.4 Å². The minimum Gasteiger partial charge on any atom is -0.0654 e. The second-order valence-corrected chi connectivity index (χ2v) is 6.20. The molecule has 1 atom stereocenters. The van der Waals surface area contributed by atoms with Gasteiger partial charge in [-0.25, -0.2) is 0 Å². The van der Waals surface area contributed by atoms with Crippen LogP contribution in [0, 0.1) is 11.3 Å². The van der Waals surface area contributed by atoms with Crippen LogP contribution < -0.4 is 0 Å². The van der Waals surface area contributed by atoms with Gasteiger partial charge in [0.2, 0.25) is 0 Å². The molecule has 0 heteroatoms. The van der Waals surface area contributed by atoms with Gasteiger partial charge in [-0.1, -0.05) is 86.0 Å². The predicted octanol–water partition coefficient (Wildman–Crippen LogP) is 6.20. The van der Waals surface area contributed by atoms with Gasteiger partial charge in [-0.05, 0) is 17.8 Å². The van der Waals surface area contributed by atoms with Crippen molar-refractivity contribution in [3.63, 3.8) is 0 Å². The van der Waals surface area contributed by atoms with Crippen molar-refractivity contribution in [3.8, 4) is 0 Å². The van der Waals surface area contributed by atoms with Crippen LogP contribution >= 0.6 is 0 Å². The Bertz CT molecular complexity index is 146. The van der Waals surface area contributed by atoms with Crippen LogP contribution in [-0.4, -0.2) is 0 Å². The molecule has 0 spiro atoms. The Morgan fingerprint density at radius 2 is 1.38 bits per heavy atom. The highest BCUT2D eigenvalue weighted by molar-refractivity contribution is 4.75. The van der Waals surface area contributed by atoms with Gasteiger partial charge in [0.05, 0.1) is 0 Å². The van der Waals surface area contributed by atoms with Crippen molar-refractivity contribution in [2.75, 3.05) is 0 Å². The molecule has 0 aliphatic rings. The average molecular weight is 226 g/mol. The summed E-state index contributed by atoms with van der Waals surface area (Å²) in [5.74, 6) is 0.890. The Morgan fingerprint density at radius 3 is 1.94 bits per heavy atom. The van der Waals surface area contributed by atoms with E-state index < -0.39 is 0 Å². The topological polar surface area (TPSA) is 0 Å². The minimum atomic E-state index is 0.556. The third-order valence-electron chi connectivity index (χ3n) is 4.25. The summed E-state index contributed by atoms with van der Waals surface area (Å²) in [7, 11) is 0. The second-order valence-electron chi connectivity index (χ2n) is 6.20. The first-order chi connectivity index (χ1) is 7.54. The lowest BCUT2D eigenvalue weighted by Crippen LogP contribution is -2.21. The first-order valence-corrected chi connectivity index (χ1v) is 7.54. The van der Waals surface area contributed by atoms with Gasteiger partial charge in [0.15, 0.2) is 0 Å². The van der Waals surface area contributed by atoms with E-state index in [1.807, 2.05) is 0 Å². The van der Waals surface area contributed by atoms with Crippen molar-refractivity contribution < 1.29 is 0 Å². The summed E-state index contributed by atoms with van der Waals surface area (Å²) in [6.45, 7) is 12.0. The van der Waals surface area contributed by atoms with E-state index in [1.165, 1.54) is 57.8 Å². The molecule has 0 heterocycles. The van der Waals surface area contributed by atoms with E-state index in [1.54, 1.807) is 0 Å². The average Bonchev–Trinajstić information content (AvgIpc) is 2.26. The quantitative estimate of drug-likeness (QED) is 0.389. The number of hydrogen-bond donors (Lipinski definition) is 0. The van der Waals surface area contributed by atoms with Crippen LogP contribution in [0.2, 0.25) is 0 Å². The zero-order valence-electron chi connectivity index (χ0n) is 12.4. The number of hydrogen-bond acceptors (Lipinski definition) is 0. The van der Waals surface area contributed by atoms with E-state index in [0.717, 1.165) is 5.92 Å². The molecule has 16 heavy (non-hydrogen) atoms. The Balaban J connectivity index is 3.64. The molecule has 0 aliphatic heterocycles. The van der Waals surface area contributed by atoms with Gasteiger partial charge < -0.3 is 0 Å². The summed E-state index contributed by atoms with van der Waals surface area (Å²) in [4.78, 5) is 0. The zero-order valence-corrected chi connectivity index (χ0v) is 12.4. The summed E-state index contributed by atoms with van der Waals surface area (Å²) in [5, 5.41) is 0. The van der Waals surface area contributed by atoms with Gasteiger partial charge in [0.1, 0.15) is 0 Å². The van der Waals surface area contributed by atoms with E-state index in [-0.39, 0.29) is 0 Å². The first kappa shape index (κ1) is 16.0. The van der Waals surface area contributed by atoms with E-state index in [2.05, 4.69) is 34.6 Å². The van der Waals surface area contributed by atoms with Gasteiger partial charge >= 0.3 is 0 Å². The first-order valence-electron chi connectivity index (χ1n) is 7.54. The molecule has 0 fully saturated rings. The fourth-order valence-electron chi connectivity index (χ4n) is 2.32. The van der Waals surface area contributed by atoms with Crippen molar-refractivity contribution in [1.82, 2.24) is 0 Å². The van der Waals surface area contributed by atoms with Gasteiger partial charge in [-0.2, -0.15) is 0 Å². The van der Waals surface area contributed by atoms with Gasteiger partial charge in [-0.3, -0.25) is 0 Å². The van der Waals surface area contributed by atoms with E-state index in [4.69, 9.17) is 0 Å². The molecule has 0 saturated heterocycles. The molecule has 0 bridgehead atoms. The predicted molar refractivity (Wildman–Crippen MR) is 75.8 cm³/mol. The third kappa shape index (κ3) is 7.30. The van der Waals surface area contributed by atoms with E-state index in [9.17, 15) is 0 Å². The molecule has 0 aliphatic carbocycles. The smallest absolute Gasteiger partial charge is 0.0329 e. The molecule has 0 aromatic heterocycles. The molecule has 0 N–H and O–H groups in total. The van der Waals surface area contributed by atoms with Crippen molar-refractivity contribution in [1.29, 1.82) is 0 Å². The van der Waals surface area contributed by atoms with Gasteiger partial charge in [0.25, 0.3) is 0 Å². The van der Waals surface area contributed by atoms with E-state index >= 15 is 0 Å². The lowest BCUT2D eigenvalue weighted by molar-refractivity contribution is 0.191. The monoisotopic (exact) mass is 226 g/mol. The summed E-state index contributed by atoms with van der Waals surface area (Å²) >= 11 is 0. The van der Waals surface area contributed by atoms with Crippen LogP contribution in [0.25, 0.3) is 0 Å². The molecule has 1 unspecified atom stereocenters. The summed E-state index contributed by atoms with van der Waals surface area (Å²) in [5.41, 5.74) is 0.556. The maximum atomic E-state index is 2.46. The molecule has 0 amide bonds. The molecule has 0 aromatic carbocycles. The standard InChI is InChI=1S/C16H34/c1-6-8-10-11-12-13-15(3)16(4,5)14-9-7-2/h15H,6-14H2,1-5H3. The normalized spacial score (nSPS) is 14.1. The van der Waals surface area contributed by atoms with Crippen LogP contribution in [-0.2, 0) is 0 Å². The summed E-state index contributed by atoms with van der Waals surface area (Å²) in [6.07, 6.45) is 12.7. The van der Waals surface area contributed by atoms with Crippen molar-refractivity contribution in [3.05, 3.63) is 0 Å². The Hall–Kier alpha value is 0. The van der Waals surface area contributed by atoms with Crippen LogP contribution in [0.3, 0.4) is 0 Å². The number of unbranched alkanes of at least 4 members (excludes halogenated alkanes) is 5. The SMILES string of the molecule is CCCCCCCC(C)C(C)(C)CCCC. The van der Waals surface area contributed by atoms with Crippen molar-refractivity contribution in [2.45, 2.75) is 92.4 Å². The fraction of sp³-hybridized carbons (Fsp3) is 1.00.